The van der Waals surface area contributed by atoms with E-state index in [4.69, 9.17) is 10.5 Å². The Morgan fingerprint density at radius 2 is 1.76 bits per heavy atom. The quantitative estimate of drug-likeness (QED) is 0.852. The highest BCUT2D eigenvalue weighted by Crippen LogP contribution is 2.20. The summed E-state index contributed by atoms with van der Waals surface area (Å²) in [6, 6.07) is 8.98. The number of hydrogen-bond donors (Lipinski definition) is 2. The summed E-state index contributed by atoms with van der Waals surface area (Å²) in [5, 5.41) is 2.54. The molecular formula is C15H14F2N2O2. The maximum absolute atomic E-state index is 12.9. The molecule has 3 N–H and O–H groups in total. The number of nitrogens with two attached hydrogens (primary N) is 1. The lowest BCUT2D eigenvalue weighted by Crippen LogP contribution is -2.30. The summed E-state index contributed by atoms with van der Waals surface area (Å²) in [4.78, 5) is 12.0. The minimum Gasteiger partial charge on any atom is -0.481 e. The van der Waals surface area contributed by atoms with Crippen LogP contribution in [0.5, 0.6) is 5.75 Å². The van der Waals surface area contributed by atoms with Gasteiger partial charge in [-0.25, -0.2) is 8.78 Å². The number of nitrogen functional groups attached to an aromatic ring is 1. The molecule has 0 bridgehead atoms. The standard InChI is InChI=1S/C15H14F2N2O2/c1-9(21-12-5-2-10(16)3-6-12)15(20)19-14-7-4-11(17)8-13(14)18/h2-9H,18H2,1H3,(H,19,20). The van der Waals surface area contributed by atoms with Crippen LogP contribution >= 0.6 is 0 Å². The average Bonchev–Trinajstić information content (AvgIpc) is 2.44. The number of carbonyl (C=O) groups is 1. The molecule has 1 atom stereocenters. The zero-order valence-electron chi connectivity index (χ0n) is 11.3. The van der Waals surface area contributed by atoms with Gasteiger partial charge in [0.1, 0.15) is 17.4 Å². The topological polar surface area (TPSA) is 64.3 Å². The molecule has 0 saturated carbocycles. The number of rotatable bonds is 4. The van der Waals surface area contributed by atoms with E-state index < -0.39 is 23.6 Å². The first kappa shape index (κ1) is 14.8. The van der Waals surface area contributed by atoms with E-state index in [9.17, 15) is 13.6 Å². The number of benzene rings is 2. The molecule has 0 radical (unpaired) electrons. The Balaban J connectivity index is 2.00. The van der Waals surface area contributed by atoms with Crippen molar-refractivity contribution in [2.75, 3.05) is 11.1 Å². The van der Waals surface area contributed by atoms with Gasteiger partial charge in [-0.3, -0.25) is 4.79 Å². The van der Waals surface area contributed by atoms with Gasteiger partial charge >= 0.3 is 0 Å². The van der Waals surface area contributed by atoms with Crippen LogP contribution in [-0.4, -0.2) is 12.0 Å². The number of carbonyl (C=O) groups excluding carboxylic acids is 1. The highest BCUT2D eigenvalue weighted by Gasteiger charge is 2.16. The summed E-state index contributed by atoms with van der Waals surface area (Å²) in [5.74, 6) is -0.955. The van der Waals surface area contributed by atoms with Gasteiger partial charge in [-0.2, -0.15) is 0 Å². The number of halogens is 2. The molecule has 1 unspecified atom stereocenters. The molecule has 0 aliphatic heterocycles. The third-order valence-corrected chi connectivity index (χ3v) is 2.77. The van der Waals surface area contributed by atoms with Gasteiger partial charge in [0.25, 0.3) is 5.91 Å². The number of ether oxygens (including phenoxy) is 1. The van der Waals surface area contributed by atoms with Crippen LogP contribution in [0.3, 0.4) is 0 Å². The predicted molar refractivity (Wildman–Crippen MR) is 75.9 cm³/mol. The van der Waals surface area contributed by atoms with E-state index in [0.717, 1.165) is 6.07 Å². The van der Waals surface area contributed by atoms with Crippen LogP contribution in [-0.2, 0) is 4.79 Å². The first-order valence-corrected chi connectivity index (χ1v) is 6.24. The Bertz CT molecular complexity index is 645. The van der Waals surface area contributed by atoms with Crippen molar-refractivity contribution < 1.29 is 18.3 Å². The van der Waals surface area contributed by atoms with Gasteiger partial charge < -0.3 is 15.8 Å². The second kappa shape index (κ2) is 6.21. The van der Waals surface area contributed by atoms with E-state index in [0.29, 0.717) is 11.4 Å². The molecule has 4 nitrogen and oxygen atoms in total. The van der Waals surface area contributed by atoms with E-state index in [-0.39, 0.29) is 5.69 Å². The van der Waals surface area contributed by atoms with Gasteiger partial charge in [-0.1, -0.05) is 0 Å². The van der Waals surface area contributed by atoms with Gasteiger partial charge in [0.2, 0.25) is 0 Å². The zero-order chi connectivity index (χ0) is 15.4. The molecule has 0 fully saturated rings. The lowest BCUT2D eigenvalue weighted by atomic mass is 10.2. The molecule has 110 valence electrons. The lowest BCUT2D eigenvalue weighted by Gasteiger charge is -2.15. The molecule has 0 saturated heterocycles. The summed E-state index contributed by atoms with van der Waals surface area (Å²) in [7, 11) is 0. The summed E-state index contributed by atoms with van der Waals surface area (Å²) < 4.78 is 31.1. The Hall–Kier alpha value is -2.63. The SMILES string of the molecule is CC(Oc1ccc(F)cc1)C(=O)Nc1ccc(F)cc1N. The maximum atomic E-state index is 12.9. The summed E-state index contributed by atoms with van der Waals surface area (Å²) >= 11 is 0. The van der Waals surface area contributed by atoms with Gasteiger partial charge in [-0.05, 0) is 49.4 Å². The largest absolute Gasteiger partial charge is 0.481 e. The minimum atomic E-state index is -0.820. The van der Waals surface area contributed by atoms with Crippen molar-refractivity contribution >= 4 is 17.3 Å². The van der Waals surface area contributed by atoms with Crippen molar-refractivity contribution in [1.82, 2.24) is 0 Å². The van der Waals surface area contributed by atoms with Crippen LogP contribution in [0.1, 0.15) is 6.92 Å². The van der Waals surface area contributed by atoms with Gasteiger partial charge in [0.05, 0.1) is 11.4 Å². The smallest absolute Gasteiger partial charge is 0.265 e. The molecule has 0 heterocycles. The summed E-state index contributed by atoms with van der Waals surface area (Å²) in [6.45, 7) is 1.54. The van der Waals surface area contributed by atoms with Crippen LogP contribution in [0.25, 0.3) is 0 Å². The van der Waals surface area contributed by atoms with Crippen LogP contribution in [0.4, 0.5) is 20.2 Å². The maximum Gasteiger partial charge on any atom is 0.265 e. The number of anilines is 2. The van der Waals surface area contributed by atoms with Gasteiger partial charge in [0.15, 0.2) is 6.10 Å². The fourth-order valence-electron chi connectivity index (χ4n) is 1.65. The Labute approximate surface area is 120 Å². The van der Waals surface area contributed by atoms with Crippen LogP contribution < -0.4 is 15.8 Å². The molecule has 2 aromatic carbocycles. The van der Waals surface area contributed by atoms with E-state index in [1.807, 2.05) is 0 Å². The third kappa shape index (κ3) is 3.92. The molecular weight excluding hydrogens is 278 g/mol. The second-order valence-electron chi connectivity index (χ2n) is 4.43. The lowest BCUT2D eigenvalue weighted by molar-refractivity contribution is -0.122. The van der Waals surface area contributed by atoms with E-state index >= 15 is 0 Å². The first-order valence-electron chi connectivity index (χ1n) is 6.24. The van der Waals surface area contributed by atoms with E-state index in [1.165, 1.54) is 36.4 Å². The van der Waals surface area contributed by atoms with Crippen LogP contribution in [0, 0.1) is 11.6 Å². The molecule has 0 spiro atoms. The molecule has 2 aromatic rings. The Morgan fingerprint density at radius 1 is 1.14 bits per heavy atom. The third-order valence-electron chi connectivity index (χ3n) is 2.77. The molecule has 1 amide bonds. The van der Waals surface area contributed by atoms with Crippen molar-refractivity contribution in [3.63, 3.8) is 0 Å². The van der Waals surface area contributed by atoms with E-state index in [2.05, 4.69) is 5.32 Å². The Kier molecular flexibility index (Phi) is 4.37. The number of hydrogen-bond acceptors (Lipinski definition) is 3. The van der Waals surface area contributed by atoms with Crippen LogP contribution in [0.15, 0.2) is 42.5 Å². The molecule has 2 rings (SSSR count). The van der Waals surface area contributed by atoms with Crippen molar-refractivity contribution in [2.45, 2.75) is 13.0 Å². The van der Waals surface area contributed by atoms with Crippen LogP contribution in [0.2, 0.25) is 0 Å². The molecule has 6 heteroatoms. The molecule has 0 aliphatic rings. The van der Waals surface area contributed by atoms with Crippen molar-refractivity contribution in [1.29, 1.82) is 0 Å². The average molecular weight is 292 g/mol. The molecule has 0 aliphatic carbocycles. The first-order chi connectivity index (χ1) is 9.95. The van der Waals surface area contributed by atoms with E-state index in [1.54, 1.807) is 6.92 Å². The van der Waals surface area contributed by atoms with Crippen molar-refractivity contribution in [3.05, 3.63) is 54.1 Å². The highest BCUT2D eigenvalue weighted by atomic mass is 19.1. The molecule has 21 heavy (non-hydrogen) atoms. The number of nitrogens with one attached hydrogen (secondary N) is 1. The fraction of sp³-hybridized carbons (Fsp3) is 0.133. The summed E-state index contributed by atoms with van der Waals surface area (Å²) in [5.41, 5.74) is 6.03. The van der Waals surface area contributed by atoms with Crippen molar-refractivity contribution in [2.24, 2.45) is 0 Å². The fourth-order valence-corrected chi connectivity index (χ4v) is 1.65. The normalized spacial score (nSPS) is 11.8. The zero-order valence-corrected chi connectivity index (χ0v) is 11.3. The second-order valence-corrected chi connectivity index (χ2v) is 4.43. The highest BCUT2D eigenvalue weighted by molar-refractivity contribution is 5.96. The number of amides is 1. The van der Waals surface area contributed by atoms with Crippen molar-refractivity contribution in [3.8, 4) is 5.75 Å². The van der Waals surface area contributed by atoms with Gasteiger partial charge in [0, 0.05) is 0 Å². The minimum absolute atomic E-state index is 0.123. The molecule has 0 aromatic heterocycles. The summed E-state index contributed by atoms with van der Waals surface area (Å²) in [6.07, 6.45) is -0.820. The van der Waals surface area contributed by atoms with Gasteiger partial charge in [-0.15, -0.1) is 0 Å². The predicted octanol–water partition coefficient (Wildman–Crippen LogP) is 2.95. The Morgan fingerprint density at radius 3 is 2.38 bits per heavy atom. The monoisotopic (exact) mass is 292 g/mol.